The van der Waals surface area contributed by atoms with Crippen molar-refractivity contribution in [2.45, 2.75) is 31.9 Å². The van der Waals surface area contributed by atoms with E-state index in [9.17, 15) is 9.59 Å². The van der Waals surface area contributed by atoms with Crippen molar-refractivity contribution in [3.05, 3.63) is 53.4 Å². The van der Waals surface area contributed by atoms with Gasteiger partial charge in [-0.05, 0) is 43.5 Å². The van der Waals surface area contributed by atoms with E-state index in [1.165, 1.54) is 6.08 Å². The number of thiophene rings is 1. The third kappa shape index (κ3) is 4.55. The molecular weight excluding hydrogens is 322 g/mol. The molecule has 1 aliphatic carbocycles. The summed E-state index contributed by atoms with van der Waals surface area (Å²) in [4.78, 5) is 25.7. The van der Waals surface area contributed by atoms with Crippen molar-refractivity contribution in [1.82, 2.24) is 5.32 Å². The third-order valence-corrected chi connectivity index (χ3v) is 4.75. The van der Waals surface area contributed by atoms with Crippen LogP contribution >= 0.6 is 11.3 Å². The summed E-state index contributed by atoms with van der Waals surface area (Å²) in [5.41, 5.74) is 1.15. The second kappa shape index (κ2) is 7.45. The van der Waals surface area contributed by atoms with Gasteiger partial charge in [-0.15, -0.1) is 11.3 Å². The topological polar surface area (TPSA) is 55.4 Å². The van der Waals surface area contributed by atoms with Crippen LogP contribution in [-0.2, 0) is 14.3 Å². The molecule has 1 aromatic heterocycles. The van der Waals surface area contributed by atoms with Gasteiger partial charge in [-0.1, -0.05) is 30.3 Å². The molecule has 1 saturated carbocycles. The first kappa shape index (κ1) is 16.5. The molecule has 1 fully saturated rings. The Morgan fingerprint density at radius 1 is 1.21 bits per heavy atom. The molecule has 0 bridgehead atoms. The van der Waals surface area contributed by atoms with E-state index in [-0.39, 0.29) is 11.9 Å². The van der Waals surface area contributed by atoms with Crippen LogP contribution in [0.5, 0.6) is 0 Å². The largest absolute Gasteiger partial charge is 0.449 e. The second-order valence-corrected chi connectivity index (χ2v) is 6.88. The van der Waals surface area contributed by atoms with Crippen LogP contribution in [0, 0.1) is 0 Å². The summed E-state index contributed by atoms with van der Waals surface area (Å²) in [6.07, 6.45) is 4.32. The lowest BCUT2D eigenvalue weighted by Crippen LogP contribution is -2.36. The average Bonchev–Trinajstić information content (AvgIpc) is 3.27. The summed E-state index contributed by atoms with van der Waals surface area (Å²) in [5.74, 6) is -0.746. The summed E-state index contributed by atoms with van der Waals surface area (Å²) in [6.45, 7) is 1.59. The predicted molar refractivity (Wildman–Crippen MR) is 95.5 cm³/mol. The zero-order valence-corrected chi connectivity index (χ0v) is 14.2. The van der Waals surface area contributed by atoms with Crippen LogP contribution < -0.4 is 5.32 Å². The van der Waals surface area contributed by atoms with E-state index in [0.717, 1.165) is 28.2 Å². The number of ether oxygens (including phenoxy) is 1. The van der Waals surface area contributed by atoms with Crippen molar-refractivity contribution in [3.8, 4) is 10.4 Å². The molecule has 5 heteroatoms. The molecule has 1 unspecified atom stereocenters. The van der Waals surface area contributed by atoms with Gasteiger partial charge in [0.15, 0.2) is 6.10 Å². The van der Waals surface area contributed by atoms with E-state index in [1.807, 2.05) is 42.5 Å². The van der Waals surface area contributed by atoms with Gasteiger partial charge in [0.2, 0.25) is 0 Å². The Morgan fingerprint density at radius 3 is 2.67 bits per heavy atom. The number of nitrogens with one attached hydrogen (secondary N) is 1. The molecule has 1 N–H and O–H groups in total. The normalized spacial score (nSPS) is 15.2. The van der Waals surface area contributed by atoms with Gasteiger partial charge >= 0.3 is 5.97 Å². The van der Waals surface area contributed by atoms with Gasteiger partial charge in [0, 0.05) is 21.9 Å². The molecule has 1 aromatic carbocycles. The molecule has 0 radical (unpaired) electrons. The molecule has 4 nitrogen and oxygen atoms in total. The van der Waals surface area contributed by atoms with Crippen LogP contribution in [0.2, 0.25) is 0 Å². The Bertz CT molecular complexity index is 747. The van der Waals surface area contributed by atoms with Gasteiger partial charge in [-0.2, -0.15) is 0 Å². The molecule has 1 atom stereocenters. The maximum Gasteiger partial charge on any atom is 0.331 e. The molecule has 124 valence electrons. The highest BCUT2D eigenvalue weighted by atomic mass is 32.1. The number of carbonyl (C=O) groups excluding carboxylic acids is 2. The Morgan fingerprint density at radius 2 is 1.96 bits per heavy atom. The zero-order chi connectivity index (χ0) is 16.9. The number of esters is 1. The van der Waals surface area contributed by atoms with Crippen molar-refractivity contribution in [1.29, 1.82) is 0 Å². The number of amides is 1. The van der Waals surface area contributed by atoms with Crippen molar-refractivity contribution in [3.63, 3.8) is 0 Å². The van der Waals surface area contributed by atoms with Crippen molar-refractivity contribution >= 4 is 29.3 Å². The van der Waals surface area contributed by atoms with Crippen LogP contribution in [0.4, 0.5) is 0 Å². The molecule has 2 aromatic rings. The summed E-state index contributed by atoms with van der Waals surface area (Å²) in [7, 11) is 0. The third-order valence-electron chi connectivity index (χ3n) is 3.65. The number of hydrogen-bond donors (Lipinski definition) is 1. The molecule has 1 amide bonds. The maximum atomic E-state index is 11.8. The second-order valence-electron chi connectivity index (χ2n) is 5.76. The Labute approximate surface area is 145 Å². The standard InChI is InChI=1S/C19H19NO3S/c1-13(19(22)20-15-7-8-15)23-18(21)12-10-16-9-11-17(24-16)14-5-3-2-4-6-14/h2-6,9-13,15H,7-8H2,1H3,(H,20,22)/b12-10+. The van der Waals surface area contributed by atoms with Gasteiger partial charge < -0.3 is 10.1 Å². The molecular formula is C19H19NO3S. The molecule has 24 heavy (non-hydrogen) atoms. The van der Waals surface area contributed by atoms with Crippen LogP contribution in [0.3, 0.4) is 0 Å². The summed E-state index contributed by atoms with van der Waals surface area (Å²) in [5, 5.41) is 2.82. The van der Waals surface area contributed by atoms with E-state index in [2.05, 4.69) is 5.32 Å². The summed E-state index contributed by atoms with van der Waals surface area (Å²) >= 11 is 1.60. The van der Waals surface area contributed by atoms with Crippen LogP contribution in [0.15, 0.2) is 48.5 Å². The quantitative estimate of drug-likeness (QED) is 0.645. The Hall–Kier alpha value is -2.40. The molecule has 1 aliphatic rings. The monoisotopic (exact) mass is 341 g/mol. The van der Waals surface area contributed by atoms with Crippen LogP contribution in [0.25, 0.3) is 16.5 Å². The van der Waals surface area contributed by atoms with Crippen molar-refractivity contribution in [2.75, 3.05) is 0 Å². The van der Waals surface area contributed by atoms with Crippen molar-refractivity contribution in [2.24, 2.45) is 0 Å². The fourth-order valence-electron chi connectivity index (χ4n) is 2.16. The maximum absolute atomic E-state index is 11.8. The van der Waals surface area contributed by atoms with Crippen molar-refractivity contribution < 1.29 is 14.3 Å². The molecule has 3 rings (SSSR count). The lowest BCUT2D eigenvalue weighted by Gasteiger charge is -2.11. The fraction of sp³-hybridized carbons (Fsp3) is 0.263. The first-order valence-corrected chi connectivity index (χ1v) is 8.78. The van der Waals surface area contributed by atoms with Crippen LogP contribution in [0.1, 0.15) is 24.6 Å². The SMILES string of the molecule is CC(OC(=O)/C=C/c1ccc(-c2ccccc2)s1)C(=O)NC1CC1. The van der Waals surface area contributed by atoms with Gasteiger partial charge in [-0.3, -0.25) is 4.79 Å². The van der Waals surface area contributed by atoms with E-state index in [4.69, 9.17) is 4.74 Å². The highest BCUT2D eigenvalue weighted by Crippen LogP contribution is 2.28. The fourth-order valence-corrected chi connectivity index (χ4v) is 3.08. The summed E-state index contributed by atoms with van der Waals surface area (Å²) < 4.78 is 5.12. The molecule has 0 aliphatic heterocycles. The highest BCUT2D eigenvalue weighted by Gasteiger charge is 2.26. The first-order valence-electron chi connectivity index (χ1n) is 7.96. The minimum absolute atomic E-state index is 0.235. The number of carbonyl (C=O) groups is 2. The Kier molecular flexibility index (Phi) is 5.11. The smallest absolute Gasteiger partial charge is 0.331 e. The zero-order valence-electron chi connectivity index (χ0n) is 13.4. The molecule has 0 saturated heterocycles. The number of rotatable bonds is 6. The Balaban J connectivity index is 1.54. The van der Waals surface area contributed by atoms with E-state index < -0.39 is 12.1 Å². The van der Waals surface area contributed by atoms with E-state index in [0.29, 0.717) is 0 Å². The van der Waals surface area contributed by atoms with Gasteiger partial charge in [0.05, 0.1) is 0 Å². The molecule has 0 spiro atoms. The molecule has 1 heterocycles. The predicted octanol–water partition coefficient (Wildman–Crippen LogP) is 3.64. The van der Waals surface area contributed by atoms with E-state index in [1.54, 1.807) is 24.3 Å². The minimum atomic E-state index is -0.772. The number of hydrogen-bond acceptors (Lipinski definition) is 4. The average molecular weight is 341 g/mol. The number of benzene rings is 1. The van der Waals surface area contributed by atoms with Gasteiger partial charge in [-0.25, -0.2) is 4.79 Å². The van der Waals surface area contributed by atoms with Crippen LogP contribution in [-0.4, -0.2) is 24.0 Å². The summed E-state index contributed by atoms with van der Waals surface area (Å²) in [6, 6.07) is 14.3. The lowest BCUT2D eigenvalue weighted by atomic mass is 10.2. The lowest BCUT2D eigenvalue weighted by molar-refractivity contribution is -0.150. The highest BCUT2D eigenvalue weighted by molar-refractivity contribution is 7.16. The van der Waals surface area contributed by atoms with Gasteiger partial charge in [0.25, 0.3) is 5.91 Å². The van der Waals surface area contributed by atoms with Gasteiger partial charge in [0.1, 0.15) is 0 Å². The minimum Gasteiger partial charge on any atom is -0.449 e. The van der Waals surface area contributed by atoms with E-state index >= 15 is 0 Å². The first-order chi connectivity index (χ1) is 11.6.